The summed E-state index contributed by atoms with van der Waals surface area (Å²) < 4.78 is 6.78. The van der Waals surface area contributed by atoms with Gasteiger partial charge in [0.2, 0.25) is 0 Å². The second-order valence-electron chi connectivity index (χ2n) is 7.40. The zero-order valence-electron chi connectivity index (χ0n) is 16.4. The van der Waals surface area contributed by atoms with Crippen LogP contribution in [0, 0.1) is 0 Å². The van der Waals surface area contributed by atoms with E-state index in [2.05, 4.69) is 21.1 Å². The molecule has 0 aliphatic carbocycles. The van der Waals surface area contributed by atoms with Crippen LogP contribution in [0.5, 0.6) is 0 Å². The summed E-state index contributed by atoms with van der Waals surface area (Å²) in [6.07, 6.45) is 1.54. The summed E-state index contributed by atoms with van der Waals surface area (Å²) in [7, 11) is 0. The van der Waals surface area contributed by atoms with Gasteiger partial charge in [-0.3, -0.25) is 9.78 Å². The van der Waals surface area contributed by atoms with E-state index in [9.17, 15) is 9.59 Å². The van der Waals surface area contributed by atoms with Crippen molar-refractivity contribution in [1.29, 1.82) is 0 Å². The van der Waals surface area contributed by atoms with Gasteiger partial charge in [0.1, 0.15) is 11.3 Å². The van der Waals surface area contributed by atoms with Crippen LogP contribution in [0.4, 0.5) is 5.69 Å². The molecule has 0 bridgehead atoms. The second-order valence-corrected chi connectivity index (χ2v) is 8.11. The summed E-state index contributed by atoms with van der Waals surface area (Å²) in [6.45, 7) is 5.40. The van der Waals surface area contributed by atoms with Crippen LogP contribution in [0.15, 0.2) is 72.9 Å². The lowest BCUT2D eigenvalue weighted by Gasteiger charge is -2.23. The number of hydrogen-bond donors (Lipinski definition) is 0. The Bertz CT molecular complexity index is 1020. The van der Waals surface area contributed by atoms with Gasteiger partial charge >= 0.3 is 5.97 Å². The molecular formula is C23H21BrN2O3. The predicted molar refractivity (Wildman–Crippen MR) is 117 cm³/mol. The van der Waals surface area contributed by atoms with Crippen LogP contribution in [0.1, 0.15) is 41.6 Å². The Balaban J connectivity index is 2.07. The van der Waals surface area contributed by atoms with Crippen molar-refractivity contribution in [3.05, 3.63) is 84.2 Å². The Morgan fingerprint density at radius 3 is 2.24 bits per heavy atom. The van der Waals surface area contributed by atoms with Crippen LogP contribution in [0.2, 0.25) is 0 Å². The van der Waals surface area contributed by atoms with Gasteiger partial charge in [0.15, 0.2) is 0 Å². The number of pyridine rings is 1. The lowest BCUT2D eigenvalue weighted by atomic mass is 10.0. The number of amides is 1. The Morgan fingerprint density at radius 1 is 0.931 bits per heavy atom. The number of anilines is 1. The molecule has 148 valence electrons. The van der Waals surface area contributed by atoms with Gasteiger partial charge in [0.05, 0.1) is 27.4 Å². The van der Waals surface area contributed by atoms with Crippen LogP contribution in [-0.4, -0.2) is 22.5 Å². The van der Waals surface area contributed by atoms with Crippen molar-refractivity contribution >= 4 is 33.7 Å². The van der Waals surface area contributed by atoms with Gasteiger partial charge < -0.3 is 4.74 Å². The van der Waals surface area contributed by atoms with E-state index < -0.39 is 11.6 Å². The molecule has 0 radical (unpaired) electrons. The number of carbonyl (C=O) groups is 2. The molecule has 0 saturated carbocycles. The number of hydrogen-bond acceptors (Lipinski definition) is 4. The lowest BCUT2D eigenvalue weighted by molar-refractivity contribution is 0.00707. The first-order valence-corrected chi connectivity index (χ1v) is 9.81. The average molecular weight is 453 g/mol. The van der Waals surface area contributed by atoms with Crippen LogP contribution in [-0.2, 0) is 4.74 Å². The van der Waals surface area contributed by atoms with Gasteiger partial charge in [-0.15, -0.1) is 0 Å². The smallest absolute Gasteiger partial charge is 0.340 e. The fourth-order valence-corrected chi connectivity index (χ4v) is 3.18. The van der Waals surface area contributed by atoms with E-state index in [1.807, 2.05) is 36.4 Å². The van der Waals surface area contributed by atoms with Gasteiger partial charge in [-0.1, -0.05) is 42.5 Å². The highest BCUT2D eigenvalue weighted by atomic mass is 79.9. The maximum absolute atomic E-state index is 12.9. The highest BCUT2D eigenvalue weighted by Crippen LogP contribution is 2.32. The molecule has 0 atom stereocenters. The van der Waals surface area contributed by atoms with E-state index in [1.54, 1.807) is 57.3 Å². The lowest BCUT2D eigenvalue weighted by Crippen LogP contribution is -2.27. The SMILES string of the molecule is CC(C)(C)OC(=O)c1ccc(-c2ccccc2)cc1N(Br)C(=O)c1ccccn1. The van der Waals surface area contributed by atoms with Gasteiger partial charge in [-0.05, 0) is 56.2 Å². The Morgan fingerprint density at radius 2 is 1.62 bits per heavy atom. The summed E-state index contributed by atoms with van der Waals surface area (Å²) in [4.78, 5) is 29.8. The maximum Gasteiger partial charge on any atom is 0.340 e. The Hall–Kier alpha value is -2.99. The fourth-order valence-electron chi connectivity index (χ4n) is 2.71. The van der Waals surface area contributed by atoms with Crippen LogP contribution >= 0.6 is 16.1 Å². The second kappa shape index (κ2) is 8.57. The van der Waals surface area contributed by atoms with Crippen molar-refractivity contribution in [2.24, 2.45) is 0 Å². The molecule has 0 fully saturated rings. The first-order valence-electron chi connectivity index (χ1n) is 9.10. The zero-order valence-corrected chi connectivity index (χ0v) is 18.0. The molecule has 1 amide bonds. The molecule has 0 spiro atoms. The summed E-state index contributed by atoms with van der Waals surface area (Å²) in [6, 6.07) is 20.1. The van der Waals surface area contributed by atoms with E-state index in [-0.39, 0.29) is 17.2 Å². The monoisotopic (exact) mass is 452 g/mol. The molecule has 0 N–H and O–H groups in total. The minimum absolute atomic E-state index is 0.254. The molecule has 0 aliphatic heterocycles. The zero-order chi connectivity index (χ0) is 21.0. The number of nitrogens with zero attached hydrogens (tertiary/aromatic N) is 2. The van der Waals surface area contributed by atoms with Gasteiger partial charge in [-0.25, -0.2) is 8.72 Å². The molecule has 0 saturated heterocycles. The third kappa shape index (κ3) is 5.09. The van der Waals surface area contributed by atoms with E-state index in [0.717, 1.165) is 11.1 Å². The average Bonchev–Trinajstić information content (AvgIpc) is 2.72. The molecule has 1 aromatic heterocycles. The normalized spacial score (nSPS) is 11.0. The first-order chi connectivity index (χ1) is 13.8. The molecule has 0 unspecified atom stereocenters. The third-order valence-corrected chi connectivity index (χ3v) is 4.70. The predicted octanol–water partition coefficient (Wildman–Crippen LogP) is 5.66. The minimum atomic E-state index is -0.658. The topological polar surface area (TPSA) is 59.5 Å². The highest BCUT2D eigenvalue weighted by Gasteiger charge is 2.26. The van der Waals surface area contributed by atoms with E-state index >= 15 is 0 Å². The standard InChI is InChI=1S/C23H21BrN2O3/c1-23(2,3)29-22(28)18-13-12-17(16-9-5-4-6-10-16)15-20(18)26(24)21(27)19-11-7-8-14-25-19/h4-15H,1-3H3. The molecule has 1 heterocycles. The largest absolute Gasteiger partial charge is 0.456 e. The van der Waals surface area contributed by atoms with Crippen molar-refractivity contribution in [3.63, 3.8) is 0 Å². The summed E-state index contributed by atoms with van der Waals surface area (Å²) in [5.74, 6) is -0.897. The van der Waals surface area contributed by atoms with Crippen LogP contribution in [0.25, 0.3) is 11.1 Å². The summed E-state index contributed by atoms with van der Waals surface area (Å²) in [5, 5.41) is 0. The minimum Gasteiger partial charge on any atom is -0.456 e. The fraction of sp³-hybridized carbons (Fsp3) is 0.174. The molecule has 29 heavy (non-hydrogen) atoms. The molecule has 3 aromatic rings. The summed E-state index contributed by atoms with van der Waals surface area (Å²) in [5.41, 5.74) is 2.10. The number of carbonyl (C=O) groups excluding carboxylic acids is 2. The summed E-state index contributed by atoms with van der Waals surface area (Å²) >= 11 is 3.33. The number of rotatable bonds is 4. The van der Waals surface area contributed by atoms with Gasteiger partial charge in [0.25, 0.3) is 5.91 Å². The van der Waals surface area contributed by atoms with E-state index in [1.165, 1.54) is 3.93 Å². The molecule has 6 heteroatoms. The molecule has 2 aromatic carbocycles. The first kappa shape index (κ1) is 20.7. The van der Waals surface area contributed by atoms with Crippen molar-refractivity contribution in [2.75, 3.05) is 3.93 Å². The van der Waals surface area contributed by atoms with Crippen molar-refractivity contribution in [1.82, 2.24) is 4.98 Å². The van der Waals surface area contributed by atoms with Crippen molar-refractivity contribution in [2.45, 2.75) is 26.4 Å². The van der Waals surface area contributed by atoms with E-state index in [4.69, 9.17) is 4.74 Å². The van der Waals surface area contributed by atoms with Crippen LogP contribution in [0.3, 0.4) is 0 Å². The van der Waals surface area contributed by atoms with Gasteiger partial charge in [0, 0.05) is 6.20 Å². The van der Waals surface area contributed by atoms with E-state index in [0.29, 0.717) is 5.69 Å². The van der Waals surface area contributed by atoms with Gasteiger partial charge in [-0.2, -0.15) is 0 Å². The molecule has 0 aliphatic rings. The number of benzene rings is 2. The highest BCUT2D eigenvalue weighted by molar-refractivity contribution is 9.10. The number of halogens is 1. The number of ether oxygens (including phenoxy) is 1. The molecule has 3 rings (SSSR count). The Kier molecular flexibility index (Phi) is 6.13. The molecule has 5 nitrogen and oxygen atoms in total. The van der Waals surface area contributed by atoms with Crippen LogP contribution < -0.4 is 3.93 Å². The Labute approximate surface area is 178 Å². The quantitative estimate of drug-likeness (QED) is 0.378. The number of aromatic nitrogens is 1. The van der Waals surface area contributed by atoms with Crippen molar-refractivity contribution < 1.29 is 14.3 Å². The maximum atomic E-state index is 12.9. The molecular weight excluding hydrogens is 432 g/mol. The van der Waals surface area contributed by atoms with Crippen molar-refractivity contribution in [3.8, 4) is 11.1 Å². The third-order valence-electron chi connectivity index (χ3n) is 4.00. The number of esters is 1.